The number of carbonyl (C=O) groups excluding carboxylic acids is 1. The van der Waals surface area contributed by atoms with E-state index in [2.05, 4.69) is 23.5 Å². The van der Waals surface area contributed by atoms with Crippen LogP contribution in [0.5, 0.6) is 0 Å². The van der Waals surface area contributed by atoms with E-state index >= 15 is 0 Å². The van der Waals surface area contributed by atoms with Gasteiger partial charge in [0.2, 0.25) is 0 Å². The number of nitrogens with one attached hydrogen (secondary N) is 1. The minimum atomic E-state index is -0.752. The lowest BCUT2D eigenvalue weighted by Crippen LogP contribution is -2.46. The molecule has 1 aromatic carbocycles. The van der Waals surface area contributed by atoms with Crippen molar-refractivity contribution in [1.82, 2.24) is 10.2 Å². The fraction of sp³-hybridized carbons (Fsp3) is 0.579. The first kappa shape index (κ1) is 16.8. The molecule has 3 rings (SSSR count). The quantitative estimate of drug-likeness (QED) is 0.894. The third-order valence-corrected chi connectivity index (χ3v) is 5.34. The van der Waals surface area contributed by atoms with Crippen molar-refractivity contribution in [3.63, 3.8) is 0 Å². The summed E-state index contributed by atoms with van der Waals surface area (Å²) in [7, 11) is 0. The molecule has 1 aliphatic carbocycles. The van der Waals surface area contributed by atoms with Gasteiger partial charge in [0.05, 0.1) is 12.0 Å². The molecular weight excluding hydrogens is 304 g/mol. The Balaban J connectivity index is 1.57. The molecule has 0 radical (unpaired) electrons. The molecule has 2 amide bonds. The fourth-order valence-corrected chi connectivity index (χ4v) is 3.71. The molecule has 130 valence electrons. The SMILES string of the molecule is C[C@@H](NC(=O)N1CCC(C(=O)O)CC1)c1ccc2c(c1)CCCC2. The molecule has 0 unspecified atom stereocenters. The number of amides is 2. The van der Waals surface area contributed by atoms with Crippen LogP contribution in [0.25, 0.3) is 0 Å². The van der Waals surface area contributed by atoms with Gasteiger partial charge in [0.1, 0.15) is 0 Å². The highest BCUT2D eigenvalue weighted by molar-refractivity contribution is 5.75. The molecule has 2 aliphatic rings. The van der Waals surface area contributed by atoms with E-state index in [1.807, 2.05) is 6.92 Å². The first-order valence-electron chi connectivity index (χ1n) is 8.94. The van der Waals surface area contributed by atoms with Gasteiger partial charge in [-0.2, -0.15) is 0 Å². The first-order chi connectivity index (χ1) is 11.5. The van der Waals surface area contributed by atoms with Gasteiger partial charge < -0.3 is 15.3 Å². The van der Waals surface area contributed by atoms with Crippen LogP contribution in [0.2, 0.25) is 0 Å². The highest BCUT2D eigenvalue weighted by atomic mass is 16.4. The molecule has 1 aromatic rings. The summed E-state index contributed by atoms with van der Waals surface area (Å²) in [4.78, 5) is 25.1. The van der Waals surface area contributed by atoms with Gasteiger partial charge in [-0.1, -0.05) is 18.2 Å². The van der Waals surface area contributed by atoms with Crippen molar-refractivity contribution >= 4 is 12.0 Å². The zero-order valence-electron chi connectivity index (χ0n) is 14.3. The molecule has 1 saturated heterocycles. The zero-order valence-corrected chi connectivity index (χ0v) is 14.3. The number of carboxylic acids is 1. The topological polar surface area (TPSA) is 69.6 Å². The number of aliphatic carboxylic acids is 1. The lowest BCUT2D eigenvalue weighted by atomic mass is 9.89. The van der Waals surface area contributed by atoms with Crippen molar-refractivity contribution < 1.29 is 14.7 Å². The van der Waals surface area contributed by atoms with Crippen LogP contribution in [0.1, 0.15) is 55.3 Å². The average Bonchev–Trinajstić information content (AvgIpc) is 2.61. The van der Waals surface area contributed by atoms with Gasteiger partial charge in [-0.15, -0.1) is 0 Å². The Kier molecular flexibility index (Phi) is 5.07. The van der Waals surface area contributed by atoms with Crippen LogP contribution in [0.15, 0.2) is 18.2 Å². The predicted octanol–water partition coefficient (Wildman–Crippen LogP) is 3.13. The Morgan fingerprint density at radius 2 is 1.83 bits per heavy atom. The summed E-state index contributed by atoms with van der Waals surface area (Å²) in [5, 5.41) is 12.1. The Morgan fingerprint density at radius 1 is 1.17 bits per heavy atom. The third-order valence-electron chi connectivity index (χ3n) is 5.34. The lowest BCUT2D eigenvalue weighted by molar-refractivity contribution is -0.143. The van der Waals surface area contributed by atoms with Crippen LogP contribution in [-0.4, -0.2) is 35.1 Å². The highest BCUT2D eigenvalue weighted by Gasteiger charge is 2.27. The van der Waals surface area contributed by atoms with Crippen molar-refractivity contribution in [3.8, 4) is 0 Å². The maximum Gasteiger partial charge on any atom is 0.317 e. The number of nitrogens with zero attached hydrogens (tertiary/aromatic N) is 1. The van der Waals surface area contributed by atoms with Crippen LogP contribution >= 0.6 is 0 Å². The van der Waals surface area contributed by atoms with Gasteiger partial charge >= 0.3 is 12.0 Å². The molecule has 0 spiro atoms. The number of urea groups is 1. The Labute approximate surface area is 143 Å². The number of fused-ring (bicyclic) bond motifs is 1. The average molecular weight is 330 g/mol. The van der Waals surface area contributed by atoms with E-state index in [4.69, 9.17) is 5.11 Å². The van der Waals surface area contributed by atoms with E-state index in [1.165, 1.54) is 24.0 Å². The van der Waals surface area contributed by atoms with E-state index < -0.39 is 5.97 Å². The summed E-state index contributed by atoms with van der Waals surface area (Å²) in [5.74, 6) is -1.07. The van der Waals surface area contributed by atoms with Gasteiger partial charge in [-0.25, -0.2) is 4.79 Å². The largest absolute Gasteiger partial charge is 0.481 e. The Hall–Kier alpha value is -2.04. The van der Waals surface area contributed by atoms with Crippen molar-refractivity contribution in [1.29, 1.82) is 0 Å². The second kappa shape index (κ2) is 7.24. The molecule has 1 heterocycles. The van der Waals surface area contributed by atoms with Crippen molar-refractivity contribution in [2.45, 2.75) is 51.5 Å². The molecule has 5 nitrogen and oxygen atoms in total. The van der Waals surface area contributed by atoms with Crippen LogP contribution in [0.4, 0.5) is 4.79 Å². The van der Waals surface area contributed by atoms with E-state index in [9.17, 15) is 9.59 Å². The fourth-order valence-electron chi connectivity index (χ4n) is 3.71. The van der Waals surface area contributed by atoms with Crippen molar-refractivity contribution in [2.24, 2.45) is 5.92 Å². The van der Waals surface area contributed by atoms with Crippen LogP contribution in [0.3, 0.4) is 0 Å². The van der Waals surface area contributed by atoms with Crippen molar-refractivity contribution in [2.75, 3.05) is 13.1 Å². The summed E-state index contributed by atoms with van der Waals surface area (Å²) in [6, 6.07) is 6.41. The number of benzene rings is 1. The number of carboxylic acid groups (broad SMARTS) is 1. The summed E-state index contributed by atoms with van der Waals surface area (Å²) in [6.07, 6.45) is 5.88. The summed E-state index contributed by atoms with van der Waals surface area (Å²) < 4.78 is 0. The van der Waals surface area contributed by atoms with E-state index in [0.29, 0.717) is 25.9 Å². The zero-order chi connectivity index (χ0) is 17.1. The molecule has 5 heteroatoms. The van der Waals surface area contributed by atoms with E-state index in [0.717, 1.165) is 18.4 Å². The van der Waals surface area contributed by atoms with Crippen LogP contribution in [0, 0.1) is 5.92 Å². The number of aryl methyl sites for hydroxylation is 2. The second-order valence-electron chi connectivity index (χ2n) is 7.01. The first-order valence-corrected chi connectivity index (χ1v) is 8.94. The molecule has 0 saturated carbocycles. The Bertz CT molecular complexity index is 621. The van der Waals surface area contributed by atoms with Gasteiger partial charge in [0.25, 0.3) is 0 Å². The molecule has 24 heavy (non-hydrogen) atoms. The van der Waals surface area contributed by atoms with Crippen LogP contribution < -0.4 is 5.32 Å². The number of likely N-dealkylation sites (tertiary alicyclic amines) is 1. The summed E-state index contributed by atoms with van der Waals surface area (Å²) in [6.45, 7) is 3.03. The number of rotatable bonds is 3. The normalized spacial score (nSPS) is 19.5. The standard InChI is InChI=1S/C19H26N2O3/c1-13(16-7-6-14-4-2-3-5-17(14)12-16)20-19(24)21-10-8-15(9-11-21)18(22)23/h6-7,12-13,15H,2-5,8-11H2,1H3,(H,20,24)(H,22,23)/t13-/m1/s1. The molecule has 1 fully saturated rings. The predicted molar refractivity (Wildman–Crippen MR) is 92.0 cm³/mol. The van der Waals surface area contributed by atoms with Crippen LogP contribution in [-0.2, 0) is 17.6 Å². The van der Waals surface area contributed by atoms with E-state index in [1.54, 1.807) is 4.90 Å². The van der Waals surface area contributed by atoms with Gasteiger partial charge in [0.15, 0.2) is 0 Å². The number of carbonyl (C=O) groups is 2. The van der Waals surface area contributed by atoms with E-state index in [-0.39, 0.29) is 18.0 Å². The number of hydrogen-bond donors (Lipinski definition) is 2. The molecule has 2 N–H and O–H groups in total. The molecule has 0 aromatic heterocycles. The third kappa shape index (κ3) is 3.71. The minimum Gasteiger partial charge on any atom is -0.481 e. The van der Waals surface area contributed by atoms with Gasteiger partial charge in [-0.05, 0) is 62.1 Å². The maximum absolute atomic E-state index is 12.4. The number of hydrogen-bond acceptors (Lipinski definition) is 2. The Morgan fingerprint density at radius 3 is 2.50 bits per heavy atom. The molecule has 1 atom stereocenters. The maximum atomic E-state index is 12.4. The van der Waals surface area contributed by atoms with Gasteiger partial charge in [0, 0.05) is 13.1 Å². The summed E-state index contributed by atoms with van der Waals surface area (Å²) >= 11 is 0. The summed E-state index contributed by atoms with van der Waals surface area (Å²) in [5.41, 5.74) is 4.01. The molecule has 1 aliphatic heterocycles. The van der Waals surface area contributed by atoms with Gasteiger partial charge in [-0.3, -0.25) is 4.79 Å². The highest BCUT2D eigenvalue weighted by Crippen LogP contribution is 2.25. The molecule has 0 bridgehead atoms. The minimum absolute atomic E-state index is 0.0399. The van der Waals surface area contributed by atoms with Crippen molar-refractivity contribution in [3.05, 3.63) is 34.9 Å². The monoisotopic (exact) mass is 330 g/mol. The molecular formula is C19H26N2O3. The second-order valence-corrected chi connectivity index (χ2v) is 7.01. The smallest absolute Gasteiger partial charge is 0.317 e. The lowest BCUT2D eigenvalue weighted by Gasteiger charge is -2.31. The number of piperidine rings is 1.